The van der Waals surface area contributed by atoms with Gasteiger partial charge in [-0.15, -0.1) is 0 Å². The molecule has 2 heterocycles. The Labute approximate surface area is 146 Å². The van der Waals surface area contributed by atoms with E-state index in [0.717, 1.165) is 12.0 Å². The van der Waals surface area contributed by atoms with Gasteiger partial charge in [-0.3, -0.25) is 9.59 Å². The van der Waals surface area contributed by atoms with Gasteiger partial charge < -0.3 is 15.1 Å². The molecule has 130 valence electrons. The summed E-state index contributed by atoms with van der Waals surface area (Å²) in [5.74, 6) is 0.289. The van der Waals surface area contributed by atoms with Gasteiger partial charge in [-0.25, -0.2) is 9.97 Å². The number of hydrogen-bond acceptors (Lipinski definition) is 5. The fraction of sp³-hybridized carbons (Fsp3) is 0.333. The molecule has 1 N–H and O–H groups in total. The van der Waals surface area contributed by atoms with Crippen LogP contribution in [0.2, 0.25) is 0 Å². The lowest BCUT2D eigenvalue weighted by atomic mass is 10.1. The number of hydrogen-bond donors (Lipinski definition) is 1. The van der Waals surface area contributed by atoms with Crippen molar-refractivity contribution in [1.82, 2.24) is 20.2 Å². The first-order chi connectivity index (χ1) is 12.2. The van der Waals surface area contributed by atoms with Crippen molar-refractivity contribution in [2.24, 2.45) is 0 Å². The van der Waals surface area contributed by atoms with Crippen molar-refractivity contribution in [3.05, 3.63) is 53.9 Å². The van der Waals surface area contributed by atoms with E-state index >= 15 is 0 Å². The van der Waals surface area contributed by atoms with Crippen LogP contribution in [0.25, 0.3) is 0 Å². The summed E-state index contributed by atoms with van der Waals surface area (Å²) >= 11 is 0. The summed E-state index contributed by atoms with van der Waals surface area (Å²) in [6.07, 6.45) is 2.45. The molecule has 0 aliphatic carbocycles. The Morgan fingerprint density at radius 2 is 1.88 bits per heavy atom. The van der Waals surface area contributed by atoms with Gasteiger partial charge in [0.2, 0.25) is 12.4 Å². The average Bonchev–Trinajstić information content (AvgIpc) is 2.68. The first-order valence-electron chi connectivity index (χ1n) is 8.30. The molecule has 1 aromatic carbocycles. The van der Waals surface area contributed by atoms with Crippen molar-refractivity contribution in [1.29, 1.82) is 0 Å². The SMILES string of the molecule is CC(NC(=O)c1ccnc(N2CCN(C=O)CC2)n1)c1ccccc1. The van der Waals surface area contributed by atoms with E-state index in [1.54, 1.807) is 17.2 Å². The van der Waals surface area contributed by atoms with E-state index in [0.29, 0.717) is 37.8 Å². The Morgan fingerprint density at radius 3 is 2.56 bits per heavy atom. The highest BCUT2D eigenvalue weighted by molar-refractivity contribution is 5.92. The predicted molar refractivity (Wildman–Crippen MR) is 94.2 cm³/mol. The van der Waals surface area contributed by atoms with E-state index in [1.807, 2.05) is 42.2 Å². The highest BCUT2D eigenvalue weighted by Crippen LogP contribution is 2.14. The van der Waals surface area contributed by atoms with Crippen molar-refractivity contribution in [3.8, 4) is 0 Å². The van der Waals surface area contributed by atoms with Gasteiger partial charge in [0.1, 0.15) is 5.69 Å². The number of carbonyl (C=O) groups is 2. The largest absolute Gasteiger partial charge is 0.344 e. The van der Waals surface area contributed by atoms with Gasteiger partial charge in [-0.05, 0) is 18.6 Å². The molecule has 1 aromatic heterocycles. The van der Waals surface area contributed by atoms with Gasteiger partial charge in [0.05, 0.1) is 6.04 Å². The molecule has 0 radical (unpaired) electrons. The highest BCUT2D eigenvalue weighted by atomic mass is 16.2. The second-order valence-corrected chi connectivity index (χ2v) is 5.98. The zero-order valence-corrected chi connectivity index (χ0v) is 14.1. The van der Waals surface area contributed by atoms with Crippen LogP contribution >= 0.6 is 0 Å². The molecule has 0 spiro atoms. The quantitative estimate of drug-likeness (QED) is 0.830. The molecule has 1 atom stereocenters. The van der Waals surface area contributed by atoms with Crippen LogP contribution in [0.3, 0.4) is 0 Å². The van der Waals surface area contributed by atoms with E-state index in [4.69, 9.17) is 0 Å². The third kappa shape index (κ3) is 4.12. The maximum Gasteiger partial charge on any atom is 0.270 e. The summed E-state index contributed by atoms with van der Waals surface area (Å²) in [4.78, 5) is 35.6. The van der Waals surface area contributed by atoms with Gasteiger partial charge in [0.15, 0.2) is 0 Å². The van der Waals surface area contributed by atoms with Crippen molar-refractivity contribution in [2.75, 3.05) is 31.1 Å². The molecule has 7 nitrogen and oxygen atoms in total. The molecule has 3 rings (SSSR count). The van der Waals surface area contributed by atoms with E-state index in [-0.39, 0.29) is 11.9 Å². The third-order valence-corrected chi connectivity index (χ3v) is 4.27. The molecular weight excluding hydrogens is 318 g/mol. The number of amides is 2. The summed E-state index contributed by atoms with van der Waals surface area (Å²) in [6, 6.07) is 11.3. The summed E-state index contributed by atoms with van der Waals surface area (Å²) in [5, 5.41) is 2.96. The normalized spacial score (nSPS) is 15.6. The van der Waals surface area contributed by atoms with Crippen LogP contribution in [0, 0.1) is 0 Å². The fourth-order valence-corrected chi connectivity index (χ4v) is 2.75. The van der Waals surface area contributed by atoms with Crippen LogP contribution in [0.5, 0.6) is 0 Å². The van der Waals surface area contributed by atoms with Crippen LogP contribution in [0.15, 0.2) is 42.6 Å². The first kappa shape index (κ1) is 16.9. The summed E-state index contributed by atoms with van der Waals surface area (Å²) in [7, 11) is 0. The van der Waals surface area contributed by atoms with Crippen LogP contribution in [0.4, 0.5) is 5.95 Å². The maximum atomic E-state index is 12.5. The molecule has 2 aromatic rings. The number of benzene rings is 1. The van der Waals surface area contributed by atoms with E-state index in [9.17, 15) is 9.59 Å². The number of carbonyl (C=O) groups excluding carboxylic acids is 2. The zero-order chi connectivity index (χ0) is 17.6. The summed E-state index contributed by atoms with van der Waals surface area (Å²) in [6.45, 7) is 4.52. The molecule has 0 bridgehead atoms. The average molecular weight is 339 g/mol. The molecule has 1 fully saturated rings. The maximum absolute atomic E-state index is 12.5. The fourth-order valence-electron chi connectivity index (χ4n) is 2.75. The monoisotopic (exact) mass is 339 g/mol. The second-order valence-electron chi connectivity index (χ2n) is 5.98. The van der Waals surface area contributed by atoms with Crippen molar-refractivity contribution < 1.29 is 9.59 Å². The lowest BCUT2D eigenvalue weighted by molar-refractivity contribution is -0.118. The Bertz CT molecular complexity index is 729. The topological polar surface area (TPSA) is 78.4 Å². The molecule has 1 saturated heterocycles. The Balaban J connectivity index is 1.66. The minimum atomic E-state index is -0.230. The van der Waals surface area contributed by atoms with E-state index < -0.39 is 0 Å². The Morgan fingerprint density at radius 1 is 1.16 bits per heavy atom. The van der Waals surface area contributed by atoms with E-state index in [1.165, 1.54) is 0 Å². The lowest BCUT2D eigenvalue weighted by Crippen LogP contribution is -2.46. The molecule has 7 heteroatoms. The third-order valence-electron chi connectivity index (χ3n) is 4.27. The number of rotatable bonds is 5. The van der Waals surface area contributed by atoms with Crippen LogP contribution in [0.1, 0.15) is 29.0 Å². The van der Waals surface area contributed by atoms with Gasteiger partial charge in [0, 0.05) is 32.4 Å². The predicted octanol–water partition coefficient (Wildman–Crippen LogP) is 1.25. The van der Waals surface area contributed by atoms with Gasteiger partial charge in [-0.1, -0.05) is 30.3 Å². The minimum absolute atomic E-state index is 0.108. The summed E-state index contributed by atoms with van der Waals surface area (Å²) < 4.78 is 0. The number of anilines is 1. The molecule has 1 aliphatic rings. The molecule has 2 amide bonds. The Kier molecular flexibility index (Phi) is 5.23. The molecule has 25 heavy (non-hydrogen) atoms. The number of nitrogens with zero attached hydrogens (tertiary/aromatic N) is 4. The molecule has 0 saturated carbocycles. The molecular formula is C18H21N5O2. The second kappa shape index (κ2) is 7.74. The smallest absolute Gasteiger partial charge is 0.270 e. The van der Waals surface area contributed by atoms with Crippen LogP contribution in [-0.4, -0.2) is 53.4 Å². The summed E-state index contributed by atoms with van der Waals surface area (Å²) in [5.41, 5.74) is 1.38. The number of piperazine rings is 1. The first-order valence-corrected chi connectivity index (χ1v) is 8.30. The molecule has 1 aliphatic heterocycles. The number of nitrogens with one attached hydrogen (secondary N) is 1. The Hall–Kier alpha value is -2.96. The van der Waals surface area contributed by atoms with E-state index in [2.05, 4.69) is 15.3 Å². The van der Waals surface area contributed by atoms with Gasteiger partial charge >= 0.3 is 0 Å². The van der Waals surface area contributed by atoms with Crippen molar-refractivity contribution >= 4 is 18.3 Å². The van der Waals surface area contributed by atoms with Crippen molar-refractivity contribution in [2.45, 2.75) is 13.0 Å². The minimum Gasteiger partial charge on any atom is -0.344 e. The zero-order valence-electron chi connectivity index (χ0n) is 14.1. The van der Waals surface area contributed by atoms with Crippen LogP contribution in [-0.2, 0) is 4.79 Å². The van der Waals surface area contributed by atoms with Crippen LogP contribution < -0.4 is 10.2 Å². The van der Waals surface area contributed by atoms with Crippen molar-refractivity contribution in [3.63, 3.8) is 0 Å². The highest BCUT2D eigenvalue weighted by Gasteiger charge is 2.19. The van der Waals surface area contributed by atoms with Gasteiger partial charge in [-0.2, -0.15) is 0 Å². The molecule has 1 unspecified atom stereocenters. The number of aromatic nitrogens is 2. The van der Waals surface area contributed by atoms with Gasteiger partial charge in [0.25, 0.3) is 5.91 Å². The lowest BCUT2D eigenvalue weighted by Gasteiger charge is -2.32. The standard InChI is InChI=1S/C18H21N5O2/c1-14(15-5-3-2-4-6-15)20-17(25)16-7-8-19-18(21-16)23-11-9-22(13-24)10-12-23/h2-8,13-14H,9-12H2,1H3,(H,20,25).